The third-order valence-corrected chi connectivity index (χ3v) is 5.87. The van der Waals surface area contributed by atoms with Gasteiger partial charge in [0.05, 0.1) is 6.54 Å². The predicted octanol–water partition coefficient (Wildman–Crippen LogP) is 2.15. The summed E-state index contributed by atoms with van der Waals surface area (Å²) in [6.45, 7) is 0.259. The topological polar surface area (TPSA) is 92.5 Å². The average molecular weight is 381 g/mol. The second kappa shape index (κ2) is 7.58. The number of amides is 1. The van der Waals surface area contributed by atoms with E-state index in [0.717, 1.165) is 31.2 Å². The summed E-state index contributed by atoms with van der Waals surface area (Å²) < 4.78 is 1.26. The molecular formula is C21H23N3O4. The van der Waals surface area contributed by atoms with Crippen molar-refractivity contribution in [3.05, 3.63) is 64.1 Å². The Morgan fingerprint density at radius 3 is 2.57 bits per heavy atom. The van der Waals surface area contributed by atoms with Crippen molar-refractivity contribution in [2.45, 2.75) is 50.7 Å². The molecule has 0 unspecified atom stereocenters. The molecular weight excluding hydrogens is 358 g/mol. The van der Waals surface area contributed by atoms with E-state index in [0.29, 0.717) is 6.42 Å². The van der Waals surface area contributed by atoms with Gasteiger partial charge in [-0.25, -0.2) is 9.48 Å². The predicted molar refractivity (Wildman–Crippen MR) is 102 cm³/mol. The summed E-state index contributed by atoms with van der Waals surface area (Å²) in [7, 11) is 0. The van der Waals surface area contributed by atoms with Crippen LogP contribution in [0.2, 0.25) is 0 Å². The number of carboxylic acids is 1. The molecule has 4 rings (SSSR count). The Morgan fingerprint density at radius 1 is 1.07 bits per heavy atom. The van der Waals surface area contributed by atoms with Crippen molar-refractivity contribution in [3.8, 4) is 0 Å². The number of nitrogens with zero attached hydrogens (tertiary/aromatic N) is 3. The second-order valence-corrected chi connectivity index (χ2v) is 7.61. The standard InChI is InChI=1S/C21H23N3O4/c25-19-11-10-16(22-23(19)13-14-6-2-1-3-7-14)20(26)24-17-9-5-4-8-15(17)12-18(24)21(27)28/h1-3,6-7,10-11,15,17-18H,4-5,8-9,12-13H2,(H,27,28)/t15-,17+,18+/m1/s1. The van der Waals surface area contributed by atoms with Crippen LogP contribution in [0.3, 0.4) is 0 Å². The van der Waals surface area contributed by atoms with Gasteiger partial charge < -0.3 is 10.0 Å². The van der Waals surface area contributed by atoms with Crippen LogP contribution >= 0.6 is 0 Å². The normalized spacial score (nSPS) is 24.0. The minimum absolute atomic E-state index is 0.0568. The number of carboxylic acid groups (broad SMARTS) is 1. The molecule has 1 aliphatic carbocycles. The molecule has 3 atom stereocenters. The van der Waals surface area contributed by atoms with Crippen LogP contribution in [0.1, 0.15) is 48.2 Å². The maximum Gasteiger partial charge on any atom is 0.326 e. The molecule has 2 heterocycles. The number of fused-ring (bicyclic) bond motifs is 1. The van der Waals surface area contributed by atoms with Crippen LogP contribution in [0.25, 0.3) is 0 Å². The zero-order valence-electron chi connectivity index (χ0n) is 15.5. The molecule has 1 N–H and O–H groups in total. The van der Waals surface area contributed by atoms with Gasteiger partial charge in [0.15, 0.2) is 0 Å². The minimum atomic E-state index is -0.972. The van der Waals surface area contributed by atoms with Gasteiger partial charge in [-0.3, -0.25) is 9.59 Å². The van der Waals surface area contributed by atoms with Crippen LogP contribution in [-0.2, 0) is 11.3 Å². The van der Waals surface area contributed by atoms with Gasteiger partial charge in [0.2, 0.25) is 0 Å². The van der Waals surface area contributed by atoms with Crippen molar-refractivity contribution in [2.75, 3.05) is 0 Å². The summed E-state index contributed by atoms with van der Waals surface area (Å²) in [5, 5.41) is 13.9. The number of likely N-dealkylation sites (tertiary alicyclic amines) is 1. The summed E-state index contributed by atoms with van der Waals surface area (Å²) in [6.07, 6.45) is 4.35. The Kier molecular flexibility index (Phi) is 4.98. The lowest BCUT2D eigenvalue weighted by atomic mass is 9.84. The van der Waals surface area contributed by atoms with Gasteiger partial charge in [-0.05, 0) is 36.8 Å². The third-order valence-electron chi connectivity index (χ3n) is 5.87. The summed E-state index contributed by atoms with van der Waals surface area (Å²) in [5.74, 6) is -1.14. The summed E-state index contributed by atoms with van der Waals surface area (Å²) in [4.78, 5) is 38.7. The molecule has 2 aromatic rings. The van der Waals surface area contributed by atoms with Crippen molar-refractivity contribution in [1.29, 1.82) is 0 Å². The first-order chi connectivity index (χ1) is 13.5. The highest BCUT2D eigenvalue weighted by Crippen LogP contribution is 2.40. The van der Waals surface area contributed by atoms with Crippen LogP contribution < -0.4 is 5.56 Å². The molecule has 7 nitrogen and oxygen atoms in total. The fourth-order valence-corrected chi connectivity index (χ4v) is 4.54. The number of rotatable bonds is 4. The summed E-state index contributed by atoms with van der Waals surface area (Å²) in [6, 6.07) is 11.3. The molecule has 0 radical (unpaired) electrons. The van der Waals surface area contributed by atoms with Crippen LogP contribution in [0.15, 0.2) is 47.3 Å². The lowest BCUT2D eigenvalue weighted by Crippen LogP contribution is -2.47. The van der Waals surface area contributed by atoms with E-state index in [4.69, 9.17) is 0 Å². The highest BCUT2D eigenvalue weighted by Gasteiger charge is 2.48. The Labute approximate surface area is 162 Å². The first-order valence-corrected chi connectivity index (χ1v) is 9.72. The number of carbonyl (C=O) groups excluding carboxylic acids is 1. The van der Waals surface area contributed by atoms with Crippen LogP contribution in [-0.4, -0.2) is 43.7 Å². The van der Waals surface area contributed by atoms with Crippen LogP contribution in [0.5, 0.6) is 0 Å². The Hall–Kier alpha value is -2.96. The largest absolute Gasteiger partial charge is 0.480 e. The van der Waals surface area contributed by atoms with Gasteiger partial charge in [0.25, 0.3) is 11.5 Å². The number of aromatic nitrogens is 2. The molecule has 1 saturated carbocycles. The van der Waals surface area contributed by atoms with E-state index < -0.39 is 17.9 Å². The number of aliphatic carboxylic acids is 1. The smallest absolute Gasteiger partial charge is 0.326 e. The lowest BCUT2D eigenvalue weighted by molar-refractivity contribution is -0.141. The van der Waals surface area contributed by atoms with Crippen molar-refractivity contribution in [3.63, 3.8) is 0 Å². The molecule has 7 heteroatoms. The van der Waals surface area contributed by atoms with E-state index >= 15 is 0 Å². The Balaban J connectivity index is 1.64. The molecule has 146 valence electrons. The fourth-order valence-electron chi connectivity index (χ4n) is 4.54. The Bertz CT molecular complexity index is 940. The molecule has 1 saturated heterocycles. The lowest BCUT2D eigenvalue weighted by Gasteiger charge is -2.32. The van der Waals surface area contributed by atoms with E-state index in [-0.39, 0.29) is 29.8 Å². The van der Waals surface area contributed by atoms with Crippen LogP contribution in [0.4, 0.5) is 0 Å². The van der Waals surface area contributed by atoms with Crippen molar-refractivity contribution in [2.24, 2.45) is 5.92 Å². The molecule has 1 amide bonds. The van der Waals surface area contributed by atoms with Gasteiger partial charge in [-0.2, -0.15) is 5.10 Å². The average Bonchev–Trinajstić information content (AvgIpc) is 3.10. The molecule has 1 aliphatic heterocycles. The maximum atomic E-state index is 13.2. The van der Waals surface area contributed by atoms with E-state index in [9.17, 15) is 19.5 Å². The van der Waals surface area contributed by atoms with Gasteiger partial charge in [0.1, 0.15) is 11.7 Å². The number of hydrogen-bond donors (Lipinski definition) is 1. The summed E-state index contributed by atoms with van der Waals surface area (Å²) in [5.41, 5.74) is 0.721. The SMILES string of the molecule is O=C(O)[C@@H]1C[C@H]2CCCC[C@@H]2N1C(=O)c1ccc(=O)n(Cc2ccccc2)n1. The van der Waals surface area contributed by atoms with E-state index in [1.54, 1.807) is 0 Å². The fraction of sp³-hybridized carbons (Fsp3) is 0.429. The minimum Gasteiger partial charge on any atom is -0.480 e. The third kappa shape index (κ3) is 3.44. The molecule has 0 bridgehead atoms. The van der Waals surface area contributed by atoms with Gasteiger partial charge >= 0.3 is 5.97 Å². The maximum absolute atomic E-state index is 13.2. The molecule has 1 aromatic heterocycles. The monoisotopic (exact) mass is 381 g/mol. The Morgan fingerprint density at radius 2 is 1.82 bits per heavy atom. The molecule has 0 spiro atoms. The van der Waals surface area contributed by atoms with Crippen molar-refractivity contribution < 1.29 is 14.7 Å². The van der Waals surface area contributed by atoms with Gasteiger partial charge in [-0.15, -0.1) is 0 Å². The van der Waals surface area contributed by atoms with E-state index in [1.807, 2.05) is 30.3 Å². The second-order valence-electron chi connectivity index (χ2n) is 7.61. The summed E-state index contributed by atoms with van der Waals surface area (Å²) >= 11 is 0. The van der Waals surface area contributed by atoms with Crippen LogP contribution in [0, 0.1) is 5.92 Å². The molecule has 2 aliphatic rings. The molecule has 28 heavy (non-hydrogen) atoms. The van der Waals surface area contributed by atoms with Gasteiger partial charge in [-0.1, -0.05) is 43.2 Å². The first-order valence-electron chi connectivity index (χ1n) is 9.72. The number of carbonyl (C=O) groups is 2. The number of benzene rings is 1. The van der Waals surface area contributed by atoms with Gasteiger partial charge in [0, 0.05) is 12.1 Å². The highest BCUT2D eigenvalue weighted by atomic mass is 16.4. The van der Waals surface area contributed by atoms with Crippen molar-refractivity contribution >= 4 is 11.9 Å². The van der Waals surface area contributed by atoms with E-state index in [2.05, 4.69) is 5.10 Å². The zero-order valence-corrected chi connectivity index (χ0v) is 15.5. The van der Waals surface area contributed by atoms with Crippen molar-refractivity contribution in [1.82, 2.24) is 14.7 Å². The molecule has 1 aromatic carbocycles. The first kappa shape index (κ1) is 18.4. The number of hydrogen-bond acceptors (Lipinski definition) is 4. The molecule has 2 fully saturated rings. The van der Waals surface area contributed by atoms with E-state index in [1.165, 1.54) is 21.7 Å². The zero-order chi connectivity index (χ0) is 19.7. The highest BCUT2D eigenvalue weighted by molar-refractivity contribution is 5.95. The quantitative estimate of drug-likeness (QED) is 0.876.